The van der Waals surface area contributed by atoms with E-state index in [0.717, 1.165) is 31.5 Å². The molecular formula is C25H33N3O3S. The lowest BCUT2D eigenvalue weighted by molar-refractivity contribution is -0.131. The lowest BCUT2D eigenvalue weighted by Crippen LogP contribution is -2.51. The van der Waals surface area contributed by atoms with Gasteiger partial charge in [0, 0.05) is 32.7 Å². The first-order chi connectivity index (χ1) is 15.2. The monoisotopic (exact) mass is 455 g/mol. The van der Waals surface area contributed by atoms with Gasteiger partial charge < -0.3 is 4.90 Å². The zero-order valence-corrected chi connectivity index (χ0v) is 20.0. The molecule has 0 unspecified atom stereocenters. The van der Waals surface area contributed by atoms with Gasteiger partial charge in [0.1, 0.15) is 6.54 Å². The van der Waals surface area contributed by atoms with Crippen LogP contribution < -0.4 is 4.31 Å². The molecule has 172 valence electrons. The number of rotatable bonds is 8. The van der Waals surface area contributed by atoms with Crippen molar-refractivity contribution in [1.82, 2.24) is 9.80 Å². The molecule has 0 bridgehead atoms. The number of carbonyl (C=O) groups excluding carboxylic acids is 1. The second kappa shape index (κ2) is 10.8. The number of hydrogen-bond acceptors (Lipinski definition) is 4. The van der Waals surface area contributed by atoms with Crippen LogP contribution in [0, 0.1) is 0 Å². The molecule has 0 atom stereocenters. The van der Waals surface area contributed by atoms with Gasteiger partial charge in [-0.3, -0.25) is 14.0 Å². The van der Waals surface area contributed by atoms with Gasteiger partial charge >= 0.3 is 0 Å². The molecule has 7 heteroatoms. The number of sulfonamides is 1. The molecule has 0 radical (unpaired) electrons. The molecule has 0 aliphatic carbocycles. The van der Waals surface area contributed by atoms with Crippen LogP contribution in [-0.4, -0.2) is 69.6 Å². The fourth-order valence-corrected chi connectivity index (χ4v) is 4.58. The van der Waals surface area contributed by atoms with Crippen molar-refractivity contribution in [1.29, 1.82) is 0 Å². The molecule has 1 saturated heterocycles. The van der Waals surface area contributed by atoms with Crippen LogP contribution in [0.15, 0.2) is 60.7 Å². The summed E-state index contributed by atoms with van der Waals surface area (Å²) < 4.78 is 26.0. The molecule has 1 fully saturated rings. The third-order valence-corrected chi connectivity index (χ3v) is 6.87. The fourth-order valence-electron chi connectivity index (χ4n) is 3.73. The highest BCUT2D eigenvalue weighted by Gasteiger charge is 2.26. The van der Waals surface area contributed by atoms with E-state index in [4.69, 9.17) is 0 Å². The Morgan fingerprint density at radius 3 is 2.19 bits per heavy atom. The molecular weight excluding hydrogens is 422 g/mol. The van der Waals surface area contributed by atoms with Gasteiger partial charge in [-0.1, -0.05) is 68.5 Å². The van der Waals surface area contributed by atoms with Gasteiger partial charge in [0.25, 0.3) is 0 Å². The standard InChI is InChI=1S/C25H33N3O3S/c1-21(2)23-11-13-24(14-12-23)28(32(3,30)31)20-25(29)27-18-16-26(17-19-27)15-7-10-22-8-5-4-6-9-22/h4-14,21H,15-20H2,1-3H3/b10-7+. The van der Waals surface area contributed by atoms with Crippen LogP contribution in [0.3, 0.4) is 0 Å². The summed E-state index contributed by atoms with van der Waals surface area (Å²) in [5.41, 5.74) is 2.82. The predicted molar refractivity (Wildman–Crippen MR) is 131 cm³/mol. The van der Waals surface area contributed by atoms with Crippen LogP contribution in [0.4, 0.5) is 5.69 Å². The summed E-state index contributed by atoms with van der Waals surface area (Å²) in [6, 6.07) is 17.6. The van der Waals surface area contributed by atoms with Crippen LogP contribution in [-0.2, 0) is 14.8 Å². The van der Waals surface area contributed by atoms with Gasteiger partial charge in [-0.25, -0.2) is 8.42 Å². The van der Waals surface area contributed by atoms with Crippen LogP contribution in [0.1, 0.15) is 30.9 Å². The average Bonchev–Trinajstić information content (AvgIpc) is 2.78. The quantitative estimate of drug-likeness (QED) is 0.612. The van der Waals surface area contributed by atoms with E-state index in [1.807, 2.05) is 30.3 Å². The Morgan fingerprint density at radius 2 is 1.62 bits per heavy atom. The van der Waals surface area contributed by atoms with Gasteiger partial charge in [-0.05, 0) is 29.2 Å². The van der Waals surface area contributed by atoms with Gasteiger partial charge in [-0.2, -0.15) is 0 Å². The second-order valence-corrected chi connectivity index (χ2v) is 10.4. The van der Waals surface area contributed by atoms with Gasteiger partial charge in [0.2, 0.25) is 15.9 Å². The Bertz CT molecular complexity index is 1010. The largest absolute Gasteiger partial charge is 0.339 e. The first-order valence-corrected chi connectivity index (χ1v) is 12.9. The van der Waals surface area contributed by atoms with Gasteiger partial charge in [-0.15, -0.1) is 0 Å². The van der Waals surface area contributed by atoms with Crippen LogP contribution in [0.2, 0.25) is 0 Å². The third kappa shape index (κ3) is 6.68. The van der Waals surface area contributed by atoms with Crippen molar-refractivity contribution in [3.8, 4) is 0 Å². The minimum atomic E-state index is -3.57. The topological polar surface area (TPSA) is 60.9 Å². The van der Waals surface area contributed by atoms with Gasteiger partial charge in [0.05, 0.1) is 11.9 Å². The highest BCUT2D eigenvalue weighted by Crippen LogP contribution is 2.22. The summed E-state index contributed by atoms with van der Waals surface area (Å²) in [5.74, 6) is 0.194. The second-order valence-electron chi connectivity index (χ2n) is 8.51. The van der Waals surface area contributed by atoms with E-state index in [9.17, 15) is 13.2 Å². The molecule has 6 nitrogen and oxygen atoms in total. The summed E-state index contributed by atoms with van der Waals surface area (Å²) in [5, 5.41) is 0. The molecule has 0 aromatic heterocycles. The Morgan fingerprint density at radius 1 is 1.00 bits per heavy atom. The van der Waals surface area contributed by atoms with Crippen LogP contribution >= 0.6 is 0 Å². The Hall–Kier alpha value is -2.64. The zero-order valence-electron chi connectivity index (χ0n) is 19.1. The van der Waals surface area contributed by atoms with E-state index in [0.29, 0.717) is 24.7 Å². The molecule has 2 aromatic rings. The first kappa shape index (κ1) is 24.0. The van der Waals surface area contributed by atoms with Crippen molar-refractivity contribution < 1.29 is 13.2 Å². The SMILES string of the molecule is CC(C)c1ccc(N(CC(=O)N2CCN(C/C=C/c3ccccc3)CC2)S(C)(=O)=O)cc1. The highest BCUT2D eigenvalue weighted by atomic mass is 32.2. The summed E-state index contributed by atoms with van der Waals surface area (Å²) in [7, 11) is -3.57. The van der Waals surface area contributed by atoms with E-state index in [1.54, 1.807) is 17.0 Å². The molecule has 0 saturated carbocycles. The number of piperazine rings is 1. The highest BCUT2D eigenvalue weighted by molar-refractivity contribution is 7.92. The fraction of sp³-hybridized carbons (Fsp3) is 0.400. The smallest absolute Gasteiger partial charge is 0.243 e. The van der Waals surface area contributed by atoms with E-state index in [1.165, 1.54) is 9.87 Å². The molecule has 0 spiro atoms. The number of amides is 1. The lowest BCUT2D eigenvalue weighted by atomic mass is 10.0. The molecule has 2 aromatic carbocycles. The average molecular weight is 456 g/mol. The van der Waals surface area contributed by atoms with Crippen LogP contribution in [0.5, 0.6) is 0 Å². The molecule has 3 rings (SSSR count). The number of carbonyl (C=O) groups is 1. The summed E-state index contributed by atoms with van der Waals surface area (Å²) in [6.45, 7) is 7.57. The van der Waals surface area contributed by atoms with E-state index >= 15 is 0 Å². The molecule has 32 heavy (non-hydrogen) atoms. The van der Waals surface area contributed by atoms with Crippen molar-refractivity contribution >= 4 is 27.7 Å². The minimum absolute atomic E-state index is 0.164. The molecule has 1 aliphatic rings. The Labute approximate surface area is 192 Å². The maximum Gasteiger partial charge on any atom is 0.243 e. The molecule has 1 amide bonds. The Balaban J connectivity index is 1.55. The molecule has 0 N–H and O–H groups in total. The van der Waals surface area contributed by atoms with Crippen molar-refractivity contribution in [2.24, 2.45) is 0 Å². The van der Waals surface area contributed by atoms with E-state index < -0.39 is 10.0 Å². The number of anilines is 1. The molecule has 1 aliphatic heterocycles. The third-order valence-electron chi connectivity index (χ3n) is 5.73. The van der Waals surface area contributed by atoms with E-state index in [2.05, 4.69) is 43.0 Å². The van der Waals surface area contributed by atoms with Crippen molar-refractivity contribution in [2.45, 2.75) is 19.8 Å². The number of hydrogen-bond donors (Lipinski definition) is 0. The predicted octanol–water partition coefficient (Wildman–Crippen LogP) is 3.43. The first-order valence-electron chi connectivity index (χ1n) is 11.0. The maximum atomic E-state index is 12.9. The van der Waals surface area contributed by atoms with Crippen LogP contribution in [0.25, 0.3) is 6.08 Å². The molecule has 1 heterocycles. The lowest BCUT2D eigenvalue weighted by Gasteiger charge is -2.35. The van der Waals surface area contributed by atoms with E-state index in [-0.39, 0.29) is 12.5 Å². The maximum absolute atomic E-state index is 12.9. The normalized spacial score (nSPS) is 15.4. The van der Waals surface area contributed by atoms with Crippen molar-refractivity contribution in [3.05, 3.63) is 71.8 Å². The minimum Gasteiger partial charge on any atom is -0.339 e. The summed E-state index contributed by atoms with van der Waals surface area (Å²) in [6.07, 6.45) is 5.39. The zero-order chi connectivity index (χ0) is 23.1. The van der Waals surface area contributed by atoms with Crippen molar-refractivity contribution in [2.75, 3.05) is 49.8 Å². The summed E-state index contributed by atoms with van der Waals surface area (Å²) >= 11 is 0. The van der Waals surface area contributed by atoms with Gasteiger partial charge in [0.15, 0.2) is 0 Å². The number of nitrogens with zero attached hydrogens (tertiary/aromatic N) is 3. The Kier molecular flexibility index (Phi) is 8.10. The van der Waals surface area contributed by atoms with Crippen molar-refractivity contribution in [3.63, 3.8) is 0 Å². The summed E-state index contributed by atoms with van der Waals surface area (Å²) in [4.78, 5) is 17.0. The number of benzene rings is 2.